The minimum atomic E-state index is -0.209. The van der Waals surface area contributed by atoms with Gasteiger partial charge in [-0.3, -0.25) is 0 Å². The molecule has 0 saturated carbocycles. The fraction of sp³-hybridized carbons (Fsp3) is 0.0625. The monoisotopic (exact) mass is 251 g/mol. The Labute approximate surface area is 111 Å². The number of halogens is 1. The van der Waals surface area contributed by atoms with Crippen molar-refractivity contribution in [2.24, 2.45) is 0 Å². The second-order valence-corrected chi connectivity index (χ2v) is 4.68. The van der Waals surface area contributed by atoms with Gasteiger partial charge >= 0.3 is 0 Å². The second-order valence-electron chi connectivity index (χ2n) is 4.25. The molecule has 0 heterocycles. The van der Waals surface area contributed by atoms with Crippen LogP contribution in [0.5, 0.6) is 0 Å². The van der Waals surface area contributed by atoms with Gasteiger partial charge in [-0.1, -0.05) is 48.5 Å². The summed E-state index contributed by atoms with van der Waals surface area (Å²) in [7, 11) is 0. The normalized spacial score (nSPS) is 16.9. The zero-order valence-electron chi connectivity index (χ0n) is 9.60. The molecule has 1 aliphatic rings. The molecule has 0 aromatic heterocycles. The summed E-state index contributed by atoms with van der Waals surface area (Å²) in [6, 6.07) is 18.0. The van der Waals surface area contributed by atoms with Crippen molar-refractivity contribution >= 4 is 23.3 Å². The number of rotatable bonds is 0. The van der Waals surface area contributed by atoms with Crippen molar-refractivity contribution in [3.05, 3.63) is 70.8 Å². The van der Waals surface area contributed by atoms with Crippen LogP contribution in [0.15, 0.2) is 48.5 Å². The van der Waals surface area contributed by atoms with E-state index in [-0.39, 0.29) is 5.38 Å². The van der Waals surface area contributed by atoms with Gasteiger partial charge in [0, 0.05) is 0 Å². The molecule has 2 aromatic rings. The van der Waals surface area contributed by atoms with Crippen LogP contribution in [0.25, 0.3) is 11.6 Å². The van der Waals surface area contributed by atoms with Crippen LogP contribution in [0, 0.1) is 11.3 Å². The molecule has 1 aliphatic carbocycles. The van der Waals surface area contributed by atoms with Crippen LogP contribution in [-0.2, 0) is 0 Å². The van der Waals surface area contributed by atoms with Gasteiger partial charge in [-0.25, -0.2) is 0 Å². The maximum Gasteiger partial charge on any atom is 0.0998 e. The molecule has 1 unspecified atom stereocenters. The lowest BCUT2D eigenvalue weighted by Gasteiger charge is -2.13. The third kappa shape index (κ3) is 1.63. The molecular weight excluding hydrogens is 242 g/mol. The predicted molar refractivity (Wildman–Crippen MR) is 74.1 cm³/mol. The maximum absolute atomic E-state index is 9.31. The molecule has 2 aromatic carbocycles. The predicted octanol–water partition coefficient (Wildman–Crippen LogP) is 4.39. The van der Waals surface area contributed by atoms with E-state index in [1.165, 1.54) is 0 Å². The highest BCUT2D eigenvalue weighted by molar-refractivity contribution is 6.23. The fourth-order valence-corrected chi connectivity index (χ4v) is 2.72. The summed E-state index contributed by atoms with van der Waals surface area (Å²) < 4.78 is 0. The Hall–Kier alpha value is -2.04. The molecule has 0 spiro atoms. The number of benzene rings is 2. The first kappa shape index (κ1) is 11.1. The van der Waals surface area contributed by atoms with Crippen molar-refractivity contribution in [1.82, 2.24) is 0 Å². The summed E-state index contributed by atoms with van der Waals surface area (Å²) in [4.78, 5) is 0. The van der Waals surface area contributed by atoms with E-state index in [4.69, 9.17) is 11.6 Å². The highest BCUT2D eigenvalue weighted by Gasteiger charge is 2.21. The zero-order chi connectivity index (χ0) is 12.5. The molecule has 0 aliphatic heterocycles. The summed E-state index contributed by atoms with van der Waals surface area (Å²) >= 11 is 6.56. The van der Waals surface area contributed by atoms with Crippen LogP contribution in [0.2, 0.25) is 0 Å². The molecule has 0 saturated heterocycles. The van der Waals surface area contributed by atoms with Crippen molar-refractivity contribution in [1.29, 1.82) is 5.26 Å². The molecular formula is C16H10ClN. The molecule has 0 fully saturated rings. The smallest absolute Gasteiger partial charge is 0.0998 e. The molecule has 3 rings (SSSR count). The quantitative estimate of drug-likeness (QED) is 0.637. The number of allylic oxidation sites excluding steroid dienone is 1. The Morgan fingerprint density at radius 1 is 0.944 bits per heavy atom. The molecule has 86 valence electrons. The molecule has 1 atom stereocenters. The van der Waals surface area contributed by atoms with Crippen LogP contribution in [0.1, 0.15) is 27.6 Å². The average Bonchev–Trinajstić information content (AvgIpc) is 2.55. The first-order valence-electron chi connectivity index (χ1n) is 5.75. The van der Waals surface area contributed by atoms with Crippen LogP contribution in [-0.4, -0.2) is 0 Å². The van der Waals surface area contributed by atoms with Gasteiger partial charge in [0.2, 0.25) is 0 Å². The minimum absolute atomic E-state index is 0.209. The summed E-state index contributed by atoms with van der Waals surface area (Å²) in [5, 5.41) is 9.10. The van der Waals surface area contributed by atoms with Gasteiger partial charge in [0.25, 0.3) is 0 Å². The van der Waals surface area contributed by atoms with Gasteiger partial charge < -0.3 is 0 Å². The van der Waals surface area contributed by atoms with Gasteiger partial charge in [0.05, 0.1) is 17.0 Å². The zero-order valence-corrected chi connectivity index (χ0v) is 10.4. The first-order chi connectivity index (χ1) is 8.81. The summed E-state index contributed by atoms with van der Waals surface area (Å²) in [5.74, 6) is 0. The van der Waals surface area contributed by atoms with E-state index in [0.29, 0.717) is 5.57 Å². The standard InChI is InChI=1S/C16H10ClN/c17-16-14-7-2-1-5-11(14)9-12(10-18)13-6-3-4-8-15(13)16/h1-9,16H. The lowest BCUT2D eigenvalue weighted by Crippen LogP contribution is -1.96. The Bertz CT molecular complexity index is 679. The van der Waals surface area contributed by atoms with E-state index in [1.54, 1.807) is 0 Å². The largest absolute Gasteiger partial charge is 0.192 e. The number of fused-ring (bicyclic) bond motifs is 2. The van der Waals surface area contributed by atoms with Crippen molar-refractivity contribution in [2.75, 3.05) is 0 Å². The van der Waals surface area contributed by atoms with E-state index in [1.807, 2.05) is 54.6 Å². The molecule has 0 N–H and O–H groups in total. The molecule has 1 nitrogen and oxygen atoms in total. The van der Waals surface area contributed by atoms with Crippen LogP contribution in [0.3, 0.4) is 0 Å². The number of alkyl halides is 1. The van der Waals surface area contributed by atoms with E-state index >= 15 is 0 Å². The Morgan fingerprint density at radius 2 is 1.61 bits per heavy atom. The van der Waals surface area contributed by atoms with Crippen molar-refractivity contribution in [3.63, 3.8) is 0 Å². The highest BCUT2D eigenvalue weighted by Crippen LogP contribution is 2.39. The summed E-state index contributed by atoms with van der Waals surface area (Å²) in [6.45, 7) is 0. The number of nitrogens with zero attached hydrogens (tertiary/aromatic N) is 1. The van der Waals surface area contributed by atoms with Crippen LogP contribution < -0.4 is 0 Å². The Morgan fingerprint density at radius 3 is 2.39 bits per heavy atom. The van der Waals surface area contributed by atoms with Crippen LogP contribution >= 0.6 is 11.6 Å². The van der Waals surface area contributed by atoms with Gasteiger partial charge in [-0.2, -0.15) is 5.26 Å². The lowest BCUT2D eigenvalue weighted by molar-refractivity contribution is 1.13. The third-order valence-electron chi connectivity index (χ3n) is 3.21. The topological polar surface area (TPSA) is 23.8 Å². The Kier molecular flexibility index (Phi) is 2.66. The first-order valence-corrected chi connectivity index (χ1v) is 6.19. The Balaban J connectivity index is 2.35. The highest BCUT2D eigenvalue weighted by atomic mass is 35.5. The SMILES string of the molecule is N#CC1=Cc2ccccc2C(Cl)c2ccccc21. The van der Waals surface area contributed by atoms with Crippen molar-refractivity contribution < 1.29 is 0 Å². The number of hydrogen-bond donors (Lipinski definition) is 0. The molecule has 0 bridgehead atoms. The molecule has 0 amide bonds. The van der Waals surface area contributed by atoms with Crippen molar-refractivity contribution in [2.45, 2.75) is 5.38 Å². The number of nitriles is 1. The number of hydrogen-bond acceptors (Lipinski definition) is 1. The molecule has 0 radical (unpaired) electrons. The van der Waals surface area contributed by atoms with E-state index in [2.05, 4.69) is 6.07 Å². The maximum atomic E-state index is 9.31. The van der Waals surface area contributed by atoms with Gasteiger partial charge in [0.1, 0.15) is 0 Å². The van der Waals surface area contributed by atoms with Gasteiger partial charge in [-0.15, -0.1) is 11.6 Å². The third-order valence-corrected chi connectivity index (χ3v) is 3.68. The van der Waals surface area contributed by atoms with E-state index < -0.39 is 0 Å². The lowest BCUT2D eigenvalue weighted by atomic mass is 9.98. The van der Waals surface area contributed by atoms with E-state index in [0.717, 1.165) is 22.3 Å². The van der Waals surface area contributed by atoms with Crippen molar-refractivity contribution in [3.8, 4) is 6.07 Å². The van der Waals surface area contributed by atoms with Crippen LogP contribution in [0.4, 0.5) is 0 Å². The minimum Gasteiger partial charge on any atom is -0.192 e. The molecule has 18 heavy (non-hydrogen) atoms. The van der Waals surface area contributed by atoms with Gasteiger partial charge in [0.15, 0.2) is 0 Å². The van der Waals surface area contributed by atoms with E-state index in [9.17, 15) is 5.26 Å². The molecule has 2 heteroatoms. The summed E-state index contributed by atoms with van der Waals surface area (Å²) in [5.41, 5.74) is 4.66. The fourth-order valence-electron chi connectivity index (χ4n) is 2.33. The van der Waals surface area contributed by atoms with Gasteiger partial charge in [-0.05, 0) is 28.3 Å². The summed E-state index contributed by atoms with van der Waals surface area (Å²) in [6.07, 6.45) is 1.91. The second kappa shape index (κ2) is 4.33. The average molecular weight is 252 g/mol.